The standard InChI is InChI=1S/C22H27N5O/c1-16-13-17(2)15-18(14-16)23-22(11-7-4-8-12-22)21-24-25-26-27(21)19-9-5-6-10-20(19)28-3/h5-6,9-10,13-15,23H,4,7-8,11-12H2,1-3H3. The molecular formula is C22H27N5O. The van der Waals surface area contributed by atoms with E-state index in [0.29, 0.717) is 0 Å². The van der Waals surface area contributed by atoms with Crippen molar-refractivity contribution in [2.75, 3.05) is 12.4 Å². The maximum atomic E-state index is 5.56. The molecule has 1 aliphatic carbocycles. The Labute approximate surface area is 165 Å². The quantitative estimate of drug-likeness (QED) is 0.706. The van der Waals surface area contributed by atoms with Crippen LogP contribution in [0, 0.1) is 13.8 Å². The van der Waals surface area contributed by atoms with E-state index in [1.165, 1.54) is 17.5 Å². The summed E-state index contributed by atoms with van der Waals surface area (Å²) in [6.45, 7) is 4.26. The van der Waals surface area contributed by atoms with E-state index in [4.69, 9.17) is 4.74 Å². The van der Waals surface area contributed by atoms with Crippen LogP contribution in [0.4, 0.5) is 5.69 Å². The van der Waals surface area contributed by atoms with Crippen molar-refractivity contribution in [1.82, 2.24) is 20.2 Å². The molecule has 0 spiro atoms. The molecule has 1 saturated carbocycles. The number of para-hydroxylation sites is 2. The minimum absolute atomic E-state index is 0.303. The zero-order chi connectivity index (χ0) is 19.6. The lowest BCUT2D eigenvalue weighted by Gasteiger charge is -2.38. The molecule has 1 aromatic heterocycles. The number of aromatic nitrogens is 4. The SMILES string of the molecule is COc1ccccc1-n1nnnc1C1(Nc2cc(C)cc(C)c2)CCCCC1. The molecule has 28 heavy (non-hydrogen) atoms. The van der Waals surface area contributed by atoms with Gasteiger partial charge in [-0.1, -0.05) is 37.5 Å². The van der Waals surface area contributed by atoms with Gasteiger partial charge in [0.05, 0.1) is 12.6 Å². The van der Waals surface area contributed by atoms with Gasteiger partial charge in [-0.15, -0.1) is 5.10 Å². The maximum absolute atomic E-state index is 5.56. The van der Waals surface area contributed by atoms with Crippen molar-refractivity contribution in [1.29, 1.82) is 0 Å². The number of benzene rings is 2. The summed E-state index contributed by atoms with van der Waals surface area (Å²) in [5.74, 6) is 1.60. The van der Waals surface area contributed by atoms with Gasteiger partial charge in [-0.2, -0.15) is 4.68 Å². The van der Waals surface area contributed by atoms with Crippen LogP contribution in [0.2, 0.25) is 0 Å². The molecule has 0 bridgehead atoms. The Balaban J connectivity index is 1.80. The second-order valence-electron chi connectivity index (χ2n) is 7.73. The Morgan fingerprint density at radius 1 is 1.00 bits per heavy atom. The van der Waals surface area contributed by atoms with Gasteiger partial charge in [0.25, 0.3) is 0 Å². The van der Waals surface area contributed by atoms with Crippen molar-refractivity contribution < 1.29 is 4.74 Å². The molecule has 0 aliphatic heterocycles. The fourth-order valence-electron chi connectivity index (χ4n) is 4.34. The Hall–Kier alpha value is -2.89. The second kappa shape index (κ2) is 7.62. The Morgan fingerprint density at radius 2 is 1.71 bits per heavy atom. The van der Waals surface area contributed by atoms with Crippen molar-refractivity contribution in [2.45, 2.75) is 51.5 Å². The number of nitrogens with one attached hydrogen (secondary N) is 1. The maximum Gasteiger partial charge on any atom is 0.182 e. The summed E-state index contributed by atoms with van der Waals surface area (Å²) in [6, 6.07) is 14.4. The van der Waals surface area contributed by atoms with Gasteiger partial charge in [-0.3, -0.25) is 0 Å². The monoisotopic (exact) mass is 377 g/mol. The third-order valence-electron chi connectivity index (χ3n) is 5.52. The fraction of sp³-hybridized carbons (Fsp3) is 0.409. The van der Waals surface area contributed by atoms with Gasteiger partial charge in [0.1, 0.15) is 11.4 Å². The van der Waals surface area contributed by atoms with Gasteiger partial charge in [0.15, 0.2) is 5.82 Å². The van der Waals surface area contributed by atoms with Crippen LogP contribution >= 0.6 is 0 Å². The van der Waals surface area contributed by atoms with Gasteiger partial charge in [-0.05, 0) is 72.5 Å². The van der Waals surface area contributed by atoms with E-state index in [1.54, 1.807) is 7.11 Å². The summed E-state index contributed by atoms with van der Waals surface area (Å²) >= 11 is 0. The van der Waals surface area contributed by atoms with Gasteiger partial charge < -0.3 is 10.1 Å². The second-order valence-corrected chi connectivity index (χ2v) is 7.73. The Bertz CT molecular complexity index is 939. The molecule has 3 aromatic rings. The lowest BCUT2D eigenvalue weighted by Crippen LogP contribution is -2.40. The van der Waals surface area contributed by atoms with Crippen molar-refractivity contribution in [2.24, 2.45) is 0 Å². The van der Waals surface area contributed by atoms with Crippen LogP contribution in [-0.2, 0) is 5.54 Å². The minimum Gasteiger partial charge on any atom is -0.494 e. The van der Waals surface area contributed by atoms with E-state index in [9.17, 15) is 0 Å². The molecule has 4 rings (SSSR count). The van der Waals surface area contributed by atoms with Crippen molar-refractivity contribution in [3.05, 3.63) is 59.4 Å². The molecule has 0 atom stereocenters. The molecular weight excluding hydrogens is 350 g/mol. The van der Waals surface area contributed by atoms with Gasteiger partial charge in [0.2, 0.25) is 0 Å². The summed E-state index contributed by atoms with van der Waals surface area (Å²) in [5, 5.41) is 16.7. The van der Waals surface area contributed by atoms with Crippen molar-refractivity contribution >= 4 is 5.69 Å². The summed E-state index contributed by atoms with van der Waals surface area (Å²) in [7, 11) is 1.67. The molecule has 6 heteroatoms. The predicted molar refractivity (Wildman–Crippen MR) is 110 cm³/mol. The van der Waals surface area contributed by atoms with Crippen molar-refractivity contribution in [3.63, 3.8) is 0 Å². The molecule has 0 amide bonds. The first-order valence-electron chi connectivity index (χ1n) is 9.90. The number of anilines is 1. The first-order valence-corrected chi connectivity index (χ1v) is 9.90. The van der Waals surface area contributed by atoms with Crippen LogP contribution in [0.15, 0.2) is 42.5 Å². The number of tetrazole rings is 1. The molecule has 6 nitrogen and oxygen atoms in total. The summed E-state index contributed by atoms with van der Waals surface area (Å²) in [6.07, 6.45) is 5.53. The van der Waals surface area contributed by atoms with E-state index in [-0.39, 0.29) is 5.54 Å². The van der Waals surface area contributed by atoms with E-state index < -0.39 is 0 Å². The predicted octanol–water partition coefficient (Wildman–Crippen LogP) is 4.56. The Kier molecular flexibility index (Phi) is 5.03. The van der Waals surface area contributed by atoms with E-state index in [1.807, 2.05) is 28.9 Å². The smallest absolute Gasteiger partial charge is 0.182 e. The summed E-state index contributed by atoms with van der Waals surface area (Å²) in [5.41, 5.74) is 4.17. The largest absolute Gasteiger partial charge is 0.494 e. The van der Waals surface area contributed by atoms with Crippen molar-refractivity contribution in [3.8, 4) is 11.4 Å². The van der Waals surface area contributed by atoms with Gasteiger partial charge in [-0.25, -0.2) is 0 Å². The van der Waals surface area contributed by atoms with Gasteiger partial charge >= 0.3 is 0 Å². The highest BCUT2D eigenvalue weighted by atomic mass is 16.5. The first-order chi connectivity index (χ1) is 13.6. The normalized spacial score (nSPS) is 16.0. The summed E-state index contributed by atoms with van der Waals surface area (Å²) in [4.78, 5) is 0. The molecule has 1 heterocycles. The average Bonchev–Trinajstić information content (AvgIpc) is 3.18. The number of ether oxygens (including phenoxy) is 1. The van der Waals surface area contributed by atoms with Gasteiger partial charge in [0, 0.05) is 5.69 Å². The fourth-order valence-corrected chi connectivity index (χ4v) is 4.34. The molecule has 1 aliphatic rings. The zero-order valence-corrected chi connectivity index (χ0v) is 16.8. The Morgan fingerprint density at radius 3 is 2.43 bits per heavy atom. The highest BCUT2D eigenvalue weighted by Crippen LogP contribution is 2.40. The average molecular weight is 377 g/mol. The molecule has 1 N–H and O–H groups in total. The first kappa shape index (κ1) is 18.5. The van der Waals surface area contributed by atoms with E-state index in [0.717, 1.165) is 48.6 Å². The van der Waals surface area contributed by atoms with Crippen LogP contribution < -0.4 is 10.1 Å². The number of rotatable bonds is 5. The number of hydrogen-bond donors (Lipinski definition) is 1. The lowest BCUT2D eigenvalue weighted by atomic mass is 9.80. The molecule has 2 aromatic carbocycles. The third-order valence-corrected chi connectivity index (χ3v) is 5.52. The van der Waals surface area contributed by atoms with Crippen LogP contribution in [0.5, 0.6) is 5.75 Å². The molecule has 0 unspecified atom stereocenters. The molecule has 1 fully saturated rings. The minimum atomic E-state index is -0.303. The van der Waals surface area contributed by atoms with Crippen LogP contribution in [-0.4, -0.2) is 27.3 Å². The van der Waals surface area contributed by atoms with E-state index >= 15 is 0 Å². The highest BCUT2D eigenvalue weighted by molar-refractivity contribution is 5.52. The number of aryl methyl sites for hydroxylation is 2. The number of methoxy groups -OCH3 is 1. The lowest BCUT2D eigenvalue weighted by molar-refractivity contribution is 0.308. The van der Waals surface area contributed by atoms with E-state index in [2.05, 4.69) is 52.9 Å². The van der Waals surface area contributed by atoms with Crippen LogP contribution in [0.25, 0.3) is 5.69 Å². The molecule has 146 valence electrons. The summed E-state index contributed by atoms with van der Waals surface area (Å²) < 4.78 is 7.39. The van der Waals surface area contributed by atoms with Crippen LogP contribution in [0.3, 0.4) is 0 Å². The molecule has 0 radical (unpaired) electrons. The zero-order valence-electron chi connectivity index (χ0n) is 16.8. The highest BCUT2D eigenvalue weighted by Gasteiger charge is 2.39. The number of nitrogens with zero attached hydrogens (tertiary/aromatic N) is 4. The molecule has 0 saturated heterocycles. The van der Waals surface area contributed by atoms with Crippen LogP contribution in [0.1, 0.15) is 49.1 Å². The number of hydrogen-bond acceptors (Lipinski definition) is 5. The third kappa shape index (κ3) is 3.46. The topological polar surface area (TPSA) is 64.9 Å².